The topological polar surface area (TPSA) is 9.72 Å². The van der Waals surface area contributed by atoms with Crippen LogP contribution in [0.4, 0.5) is 51.2 Å². The van der Waals surface area contributed by atoms with E-state index in [1.54, 1.807) is 0 Å². The number of nitrogens with zero attached hydrogens (tertiary/aromatic N) is 3. The summed E-state index contributed by atoms with van der Waals surface area (Å²) in [5, 5.41) is 0. The predicted molar refractivity (Wildman–Crippen MR) is 321 cm³/mol. The third kappa shape index (κ3) is 7.89. The Morgan fingerprint density at radius 2 is 0.853 bits per heavy atom. The lowest BCUT2D eigenvalue weighted by Gasteiger charge is -2.46. The molecule has 0 N–H and O–H groups in total. The summed E-state index contributed by atoms with van der Waals surface area (Å²) in [5.41, 5.74) is 25.6. The van der Waals surface area contributed by atoms with Gasteiger partial charge in [0.1, 0.15) is 0 Å². The second kappa shape index (κ2) is 17.7. The number of hydrogen-bond donors (Lipinski definition) is 0. The number of hydrogen-bond acceptors (Lipinski definition) is 3. The van der Waals surface area contributed by atoms with Crippen LogP contribution in [0.2, 0.25) is 0 Å². The van der Waals surface area contributed by atoms with E-state index in [1.165, 1.54) is 89.2 Å². The Morgan fingerprint density at radius 1 is 0.387 bits per heavy atom. The first-order valence-corrected chi connectivity index (χ1v) is 26.7. The van der Waals surface area contributed by atoms with E-state index in [2.05, 4.69) is 300 Å². The zero-order valence-corrected chi connectivity index (χ0v) is 44.1. The van der Waals surface area contributed by atoms with Gasteiger partial charge in [0.2, 0.25) is 0 Å². The summed E-state index contributed by atoms with van der Waals surface area (Å²) in [6.07, 6.45) is 1.07. The maximum atomic E-state index is 2.67. The third-order valence-corrected chi connectivity index (χ3v) is 16.3. The zero-order valence-electron chi connectivity index (χ0n) is 44.1. The summed E-state index contributed by atoms with van der Waals surface area (Å²) < 4.78 is 0. The average molecular weight is 968 g/mol. The van der Waals surface area contributed by atoms with Gasteiger partial charge >= 0.3 is 0 Å². The van der Waals surface area contributed by atoms with Crippen LogP contribution < -0.4 is 31.1 Å². The van der Waals surface area contributed by atoms with E-state index in [0.717, 1.165) is 34.9 Å². The van der Waals surface area contributed by atoms with Gasteiger partial charge < -0.3 is 14.7 Å². The normalized spacial score (nSPS) is 14.7. The van der Waals surface area contributed by atoms with Crippen molar-refractivity contribution >= 4 is 74.3 Å². The molecule has 0 radical (unpaired) electrons. The van der Waals surface area contributed by atoms with E-state index in [-0.39, 0.29) is 23.0 Å². The van der Waals surface area contributed by atoms with Crippen molar-refractivity contribution in [2.75, 3.05) is 14.7 Å². The van der Waals surface area contributed by atoms with Crippen molar-refractivity contribution in [1.82, 2.24) is 0 Å². The van der Waals surface area contributed by atoms with Crippen molar-refractivity contribution in [2.45, 2.75) is 71.1 Å². The molecule has 1 aliphatic carbocycles. The molecule has 75 heavy (non-hydrogen) atoms. The van der Waals surface area contributed by atoms with E-state index < -0.39 is 0 Å². The first-order chi connectivity index (χ1) is 36.3. The van der Waals surface area contributed by atoms with Crippen molar-refractivity contribution in [3.05, 3.63) is 253 Å². The van der Waals surface area contributed by atoms with Gasteiger partial charge in [0.05, 0.1) is 11.4 Å². The monoisotopic (exact) mass is 968 g/mol. The summed E-state index contributed by atoms with van der Waals surface area (Å²) >= 11 is 0. The standard InChI is InChI=1S/C71H62BN3/c1-69(2,3)53-36-40-63(58(42-53)51-27-17-10-18-28-51)75-65-46-60-59(70(4,5)47-71(60,6)7)45-62(65)72-61-41-52(49-25-15-9-16-26-49)35-39-64(61)74(56-37-33-50(34-38-56)48-23-13-8-14-24-48)66-43-57(44-67(75)68(66)72)73(54-29-19-11-20-30-54)55-31-21-12-22-32-55/h8-46H,47H2,1-7H3. The first-order valence-electron chi connectivity index (χ1n) is 26.7. The highest BCUT2D eigenvalue weighted by molar-refractivity contribution is 7.00. The highest BCUT2D eigenvalue weighted by Crippen LogP contribution is 2.55. The lowest BCUT2D eigenvalue weighted by atomic mass is 9.33. The lowest BCUT2D eigenvalue weighted by molar-refractivity contribution is 0.403. The van der Waals surface area contributed by atoms with Gasteiger partial charge in [0.25, 0.3) is 6.71 Å². The molecular formula is C71H62BN3. The molecule has 0 bridgehead atoms. The minimum atomic E-state index is -0.0884. The Morgan fingerprint density at radius 3 is 1.43 bits per heavy atom. The second-order valence-corrected chi connectivity index (χ2v) is 23.3. The Balaban J connectivity index is 1.18. The molecular weight excluding hydrogens is 906 g/mol. The summed E-state index contributed by atoms with van der Waals surface area (Å²) in [6.45, 7) is 16.7. The van der Waals surface area contributed by atoms with Crippen LogP contribution in [0.1, 0.15) is 71.6 Å². The molecule has 3 nitrogen and oxygen atoms in total. The molecule has 2 heterocycles. The number of para-hydroxylation sites is 2. The first kappa shape index (κ1) is 46.5. The molecule has 0 saturated carbocycles. The fourth-order valence-corrected chi connectivity index (χ4v) is 13.0. The van der Waals surface area contributed by atoms with Gasteiger partial charge in [-0.05, 0) is 156 Å². The molecule has 0 unspecified atom stereocenters. The van der Waals surface area contributed by atoms with Crippen molar-refractivity contribution < 1.29 is 0 Å². The fraction of sp³-hybridized carbons (Fsp3) is 0.155. The van der Waals surface area contributed by atoms with Crippen LogP contribution in [-0.2, 0) is 16.2 Å². The Kier molecular flexibility index (Phi) is 10.9. The predicted octanol–water partition coefficient (Wildman–Crippen LogP) is 17.5. The number of anilines is 9. The molecule has 0 amide bonds. The molecule has 0 fully saturated rings. The van der Waals surface area contributed by atoms with E-state index in [0.29, 0.717) is 0 Å². The molecule has 10 aromatic rings. The molecule has 0 atom stereocenters. The SMILES string of the molecule is CC(C)(C)c1ccc(N2c3cc4c(cc3B3c5cc(-c6ccccc6)ccc5N(c5ccc(-c6ccccc6)cc5)c5cc(N(c6ccccc6)c6ccccc6)cc2c53)C(C)(C)CC4(C)C)c(-c2ccccc2)c1. The van der Waals surface area contributed by atoms with Crippen molar-refractivity contribution in [1.29, 1.82) is 0 Å². The van der Waals surface area contributed by atoms with Crippen LogP contribution in [0.25, 0.3) is 33.4 Å². The molecule has 10 aromatic carbocycles. The minimum Gasteiger partial charge on any atom is -0.311 e. The minimum absolute atomic E-state index is 0.0169. The van der Waals surface area contributed by atoms with Crippen LogP contribution in [-0.4, -0.2) is 6.71 Å². The van der Waals surface area contributed by atoms with Gasteiger partial charge in [-0.2, -0.15) is 0 Å². The zero-order chi connectivity index (χ0) is 51.2. The summed E-state index contributed by atoms with van der Waals surface area (Å²) in [6, 6.07) is 88.5. The molecule has 0 saturated heterocycles. The highest BCUT2D eigenvalue weighted by Gasteiger charge is 2.49. The van der Waals surface area contributed by atoms with Gasteiger partial charge in [0, 0.05) is 45.4 Å². The average Bonchev–Trinajstić information content (AvgIpc) is 3.77. The summed E-state index contributed by atoms with van der Waals surface area (Å²) in [7, 11) is 0. The third-order valence-electron chi connectivity index (χ3n) is 16.3. The molecule has 0 aromatic heterocycles. The molecule has 4 heteroatoms. The van der Waals surface area contributed by atoms with Crippen molar-refractivity contribution in [3.63, 3.8) is 0 Å². The summed E-state index contributed by atoms with van der Waals surface area (Å²) in [5.74, 6) is 0. The van der Waals surface area contributed by atoms with Gasteiger partial charge in [-0.25, -0.2) is 0 Å². The molecule has 2 aliphatic heterocycles. The number of benzene rings is 10. The summed E-state index contributed by atoms with van der Waals surface area (Å²) in [4.78, 5) is 7.68. The number of rotatable bonds is 8. The number of fused-ring (bicyclic) bond motifs is 5. The maximum Gasteiger partial charge on any atom is 0.252 e. The van der Waals surface area contributed by atoms with Gasteiger partial charge in [0.15, 0.2) is 0 Å². The van der Waals surface area contributed by atoms with E-state index in [9.17, 15) is 0 Å². The quantitative estimate of drug-likeness (QED) is 0.141. The van der Waals surface area contributed by atoms with Crippen LogP contribution in [0.15, 0.2) is 237 Å². The Labute approximate surface area is 444 Å². The maximum absolute atomic E-state index is 2.67. The largest absolute Gasteiger partial charge is 0.311 e. The molecule has 3 aliphatic rings. The van der Waals surface area contributed by atoms with Gasteiger partial charge in [-0.1, -0.05) is 212 Å². The Hall–Kier alpha value is -8.34. The van der Waals surface area contributed by atoms with Gasteiger partial charge in [-0.3, -0.25) is 0 Å². The van der Waals surface area contributed by atoms with E-state index >= 15 is 0 Å². The fourth-order valence-electron chi connectivity index (χ4n) is 13.0. The molecule has 13 rings (SSSR count). The second-order valence-electron chi connectivity index (χ2n) is 23.3. The highest BCUT2D eigenvalue weighted by atomic mass is 15.2. The van der Waals surface area contributed by atoms with Crippen LogP contribution >= 0.6 is 0 Å². The molecule has 0 spiro atoms. The van der Waals surface area contributed by atoms with Gasteiger partial charge in [-0.15, -0.1) is 0 Å². The smallest absolute Gasteiger partial charge is 0.252 e. The molecule has 364 valence electrons. The van der Waals surface area contributed by atoms with Crippen molar-refractivity contribution in [3.8, 4) is 33.4 Å². The van der Waals surface area contributed by atoms with Crippen LogP contribution in [0, 0.1) is 0 Å². The van der Waals surface area contributed by atoms with E-state index in [1.807, 2.05) is 0 Å². The van der Waals surface area contributed by atoms with Crippen LogP contribution in [0.3, 0.4) is 0 Å². The van der Waals surface area contributed by atoms with Crippen LogP contribution in [0.5, 0.6) is 0 Å². The lowest BCUT2D eigenvalue weighted by Crippen LogP contribution is -2.61. The van der Waals surface area contributed by atoms with E-state index in [4.69, 9.17) is 0 Å². The Bertz CT molecular complexity index is 3730. The van der Waals surface area contributed by atoms with Crippen molar-refractivity contribution in [2.24, 2.45) is 0 Å².